The molecule has 1 heterocycles. The Morgan fingerprint density at radius 2 is 1.80 bits per heavy atom. The molecule has 1 aromatic carbocycles. The van der Waals surface area contributed by atoms with Crippen molar-refractivity contribution in [2.75, 3.05) is 13.1 Å². The summed E-state index contributed by atoms with van der Waals surface area (Å²) in [4.78, 5) is 13.4. The monoisotopic (exact) mass is 201 g/mol. The number of nitrogens with zero attached hydrogens (tertiary/aromatic N) is 1. The van der Waals surface area contributed by atoms with Gasteiger partial charge in [-0.15, -0.1) is 0 Å². The predicted octanol–water partition coefficient (Wildman–Crippen LogP) is 1.85. The lowest BCUT2D eigenvalue weighted by molar-refractivity contribution is -0.145. The third kappa shape index (κ3) is 1.59. The molecule has 1 aliphatic carbocycles. The maximum absolute atomic E-state index is 11.0. The predicted molar refractivity (Wildman–Crippen MR) is 58.4 cm³/mol. The number of benzene rings is 1. The molecule has 1 saturated carbocycles. The van der Waals surface area contributed by atoms with Gasteiger partial charge >= 0.3 is 0 Å². The highest BCUT2D eigenvalue weighted by molar-refractivity contribution is 5.86. The summed E-state index contributed by atoms with van der Waals surface area (Å²) in [6, 6.07) is 10.5. The molecule has 2 aliphatic rings. The Labute approximate surface area is 89.9 Å². The molecular weight excluding hydrogens is 186 g/mol. The van der Waals surface area contributed by atoms with E-state index in [-0.39, 0.29) is 0 Å². The van der Waals surface area contributed by atoms with Crippen molar-refractivity contribution < 1.29 is 4.79 Å². The van der Waals surface area contributed by atoms with E-state index < -0.39 is 0 Å². The van der Waals surface area contributed by atoms with Gasteiger partial charge in [-0.05, 0) is 5.56 Å². The summed E-state index contributed by atoms with van der Waals surface area (Å²) in [6.07, 6.45) is 1.66. The minimum Gasteiger partial charge on any atom is -0.300 e. The van der Waals surface area contributed by atoms with Crippen LogP contribution in [0.4, 0.5) is 0 Å². The van der Waals surface area contributed by atoms with Gasteiger partial charge in [0.1, 0.15) is 5.78 Å². The largest absolute Gasteiger partial charge is 0.300 e. The molecule has 2 fully saturated rings. The van der Waals surface area contributed by atoms with E-state index in [0.717, 1.165) is 32.5 Å². The Morgan fingerprint density at radius 3 is 2.40 bits per heavy atom. The number of likely N-dealkylation sites (tertiary alicyclic amines) is 1. The Kier molecular flexibility index (Phi) is 1.93. The van der Waals surface area contributed by atoms with Crippen LogP contribution in [-0.4, -0.2) is 23.8 Å². The number of carbonyl (C=O) groups is 1. The maximum atomic E-state index is 11.0. The van der Waals surface area contributed by atoms with Crippen LogP contribution in [0.5, 0.6) is 0 Å². The molecule has 0 radical (unpaired) electrons. The molecule has 0 N–H and O–H groups in total. The first-order chi connectivity index (χ1) is 7.26. The molecule has 0 bridgehead atoms. The van der Waals surface area contributed by atoms with E-state index >= 15 is 0 Å². The highest BCUT2D eigenvalue weighted by atomic mass is 16.1. The van der Waals surface area contributed by atoms with Crippen LogP contribution >= 0.6 is 0 Å². The Hall–Kier alpha value is -1.15. The average Bonchev–Trinajstić information content (AvgIpc) is 2.14. The number of carbonyl (C=O) groups excluding carboxylic acids is 1. The molecular formula is C13H15NO. The van der Waals surface area contributed by atoms with Gasteiger partial charge in [0.2, 0.25) is 0 Å². The van der Waals surface area contributed by atoms with Crippen LogP contribution in [0.2, 0.25) is 0 Å². The summed E-state index contributed by atoms with van der Waals surface area (Å²) >= 11 is 0. The van der Waals surface area contributed by atoms with E-state index in [0.29, 0.717) is 11.2 Å². The van der Waals surface area contributed by atoms with Crippen molar-refractivity contribution in [2.24, 2.45) is 5.41 Å². The summed E-state index contributed by atoms with van der Waals surface area (Å²) in [5.74, 6) is 0.453. The minimum atomic E-state index is 0.395. The summed E-state index contributed by atoms with van der Waals surface area (Å²) in [7, 11) is 0. The Morgan fingerprint density at radius 1 is 1.13 bits per heavy atom. The molecule has 0 aromatic heterocycles. The molecule has 3 rings (SSSR count). The molecule has 2 heteroatoms. The number of hydrogen-bond acceptors (Lipinski definition) is 2. The van der Waals surface area contributed by atoms with Crippen molar-refractivity contribution in [3.05, 3.63) is 35.9 Å². The van der Waals surface area contributed by atoms with Crippen LogP contribution in [0.1, 0.15) is 18.4 Å². The van der Waals surface area contributed by atoms with Gasteiger partial charge in [-0.3, -0.25) is 9.69 Å². The number of rotatable bonds is 2. The quantitative estimate of drug-likeness (QED) is 0.728. The van der Waals surface area contributed by atoms with E-state index in [9.17, 15) is 4.79 Å². The van der Waals surface area contributed by atoms with Crippen molar-refractivity contribution >= 4 is 5.78 Å². The number of Topliss-reactive ketones (excluding diaryl/α,β-unsaturated/α-hetero) is 1. The smallest absolute Gasteiger partial charge is 0.134 e. The fourth-order valence-electron chi connectivity index (χ4n) is 2.86. The molecule has 0 amide bonds. The Balaban J connectivity index is 1.54. The standard InChI is InChI=1S/C13H15NO/c15-12-6-13(7-12)9-14(10-13)8-11-4-2-1-3-5-11/h1-5H,6-10H2. The average molecular weight is 201 g/mol. The fraction of sp³-hybridized carbons (Fsp3) is 0.462. The van der Waals surface area contributed by atoms with Gasteiger partial charge in [0, 0.05) is 37.9 Å². The number of hydrogen-bond donors (Lipinski definition) is 0. The maximum Gasteiger partial charge on any atom is 0.134 e. The molecule has 1 spiro atoms. The van der Waals surface area contributed by atoms with Gasteiger partial charge in [-0.25, -0.2) is 0 Å². The lowest BCUT2D eigenvalue weighted by atomic mass is 9.63. The fourth-order valence-corrected chi connectivity index (χ4v) is 2.86. The van der Waals surface area contributed by atoms with Crippen LogP contribution in [0.25, 0.3) is 0 Å². The zero-order valence-electron chi connectivity index (χ0n) is 8.78. The second-order valence-corrected chi connectivity index (χ2v) is 5.02. The van der Waals surface area contributed by atoms with E-state index in [1.807, 2.05) is 6.07 Å². The first-order valence-corrected chi connectivity index (χ1v) is 5.54. The van der Waals surface area contributed by atoms with Gasteiger partial charge in [0.05, 0.1) is 0 Å². The second-order valence-electron chi connectivity index (χ2n) is 5.02. The highest BCUT2D eigenvalue weighted by Crippen LogP contribution is 2.46. The molecule has 15 heavy (non-hydrogen) atoms. The van der Waals surface area contributed by atoms with Crippen LogP contribution in [0, 0.1) is 5.41 Å². The van der Waals surface area contributed by atoms with E-state index in [1.54, 1.807) is 0 Å². The van der Waals surface area contributed by atoms with Crippen LogP contribution in [0.3, 0.4) is 0 Å². The van der Waals surface area contributed by atoms with Gasteiger partial charge in [-0.2, -0.15) is 0 Å². The van der Waals surface area contributed by atoms with Crippen LogP contribution in [-0.2, 0) is 11.3 Å². The molecule has 1 saturated heterocycles. The van der Waals surface area contributed by atoms with Gasteiger partial charge in [0.25, 0.3) is 0 Å². The lowest BCUT2D eigenvalue weighted by Gasteiger charge is -2.55. The Bertz CT molecular complexity index is 369. The van der Waals surface area contributed by atoms with E-state index in [1.165, 1.54) is 5.56 Å². The van der Waals surface area contributed by atoms with Crippen molar-refractivity contribution in [1.82, 2.24) is 4.90 Å². The minimum absolute atomic E-state index is 0.395. The summed E-state index contributed by atoms with van der Waals surface area (Å²) in [5, 5.41) is 0. The van der Waals surface area contributed by atoms with Crippen molar-refractivity contribution in [1.29, 1.82) is 0 Å². The molecule has 0 atom stereocenters. The van der Waals surface area contributed by atoms with Gasteiger partial charge in [-0.1, -0.05) is 30.3 Å². The van der Waals surface area contributed by atoms with E-state index in [4.69, 9.17) is 0 Å². The normalized spacial score (nSPS) is 23.6. The topological polar surface area (TPSA) is 20.3 Å². The second kappa shape index (κ2) is 3.17. The first kappa shape index (κ1) is 9.10. The lowest BCUT2D eigenvalue weighted by Crippen LogP contribution is -2.61. The first-order valence-electron chi connectivity index (χ1n) is 5.54. The van der Waals surface area contributed by atoms with Gasteiger partial charge < -0.3 is 0 Å². The van der Waals surface area contributed by atoms with Crippen LogP contribution in [0.15, 0.2) is 30.3 Å². The van der Waals surface area contributed by atoms with Crippen molar-refractivity contribution in [2.45, 2.75) is 19.4 Å². The van der Waals surface area contributed by atoms with Crippen LogP contribution < -0.4 is 0 Å². The molecule has 1 aromatic rings. The van der Waals surface area contributed by atoms with Gasteiger partial charge in [0.15, 0.2) is 0 Å². The summed E-state index contributed by atoms with van der Waals surface area (Å²) in [6.45, 7) is 3.28. The molecule has 0 unspecified atom stereocenters. The highest BCUT2D eigenvalue weighted by Gasteiger charge is 2.51. The molecule has 2 nitrogen and oxygen atoms in total. The SMILES string of the molecule is O=C1CC2(C1)CN(Cc1ccccc1)C2. The van der Waals surface area contributed by atoms with Crippen molar-refractivity contribution in [3.63, 3.8) is 0 Å². The zero-order chi connectivity index (χ0) is 10.3. The zero-order valence-corrected chi connectivity index (χ0v) is 8.78. The van der Waals surface area contributed by atoms with E-state index in [2.05, 4.69) is 29.2 Å². The third-order valence-electron chi connectivity index (χ3n) is 3.51. The molecule has 1 aliphatic heterocycles. The molecule has 78 valence electrons. The third-order valence-corrected chi connectivity index (χ3v) is 3.51. The number of ketones is 1. The summed E-state index contributed by atoms with van der Waals surface area (Å²) < 4.78 is 0. The summed E-state index contributed by atoms with van der Waals surface area (Å²) in [5.41, 5.74) is 1.77. The van der Waals surface area contributed by atoms with Crippen molar-refractivity contribution in [3.8, 4) is 0 Å².